The summed E-state index contributed by atoms with van der Waals surface area (Å²) in [6.07, 6.45) is 5.94. The van der Waals surface area contributed by atoms with Gasteiger partial charge >= 0.3 is 11.9 Å². The summed E-state index contributed by atoms with van der Waals surface area (Å²) in [7, 11) is 1.70. The van der Waals surface area contributed by atoms with Crippen LogP contribution in [0.2, 0.25) is 0 Å². The number of thioether (sulfide) groups is 1. The van der Waals surface area contributed by atoms with Gasteiger partial charge in [0.25, 0.3) is 9.82 Å². The molecule has 4 N–H and O–H groups in total. The number of fused-ring (bicyclic) bond motifs is 1. The van der Waals surface area contributed by atoms with Gasteiger partial charge in [-0.05, 0) is 17.7 Å². The Bertz CT molecular complexity index is 1370. The lowest BCUT2D eigenvalue weighted by Gasteiger charge is -2.49. The summed E-state index contributed by atoms with van der Waals surface area (Å²) < 4.78 is 4.40. The van der Waals surface area contributed by atoms with Crippen LogP contribution in [0.25, 0.3) is 5.57 Å². The van der Waals surface area contributed by atoms with E-state index >= 15 is 0 Å². The van der Waals surface area contributed by atoms with Crippen molar-refractivity contribution >= 4 is 67.4 Å². The van der Waals surface area contributed by atoms with E-state index < -0.39 is 33.2 Å². The lowest BCUT2D eigenvalue weighted by atomic mass is 10.0. The van der Waals surface area contributed by atoms with Crippen LogP contribution < -0.4 is 10.6 Å². The molecule has 0 radical (unpaired) electrons. The van der Waals surface area contributed by atoms with E-state index in [4.69, 9.17) is 4.74 Å². The highest BCUT2D eigenvalue weighted by atomic mass is 127. The lowest BCUT2D eigenvalue weighted by Crippen LogP contribution is -2.70. The fraction of sp³-hybridized carbons (Fsp3) is 0.250. The predicted octanol–water partition coefficient (Wildman–Crippen LogP) is 2.25. The van der Waals surface area contributed by atoms with Crippen molar-refractivity contribution in [1.82, 2.24) is 20.5 Å². The number of allylic oxidation sites excluding steroid dienone is 3. The van der Waals surface area contributed by atoms with Gasteiger partial charge in [0.1, 0.15) is 17.1 Å². The highest BCUT2D eigenvalue weighted by Gasteiger charge is 2.54. The van der Waals surface area contributed by atoms with Gasteiger partial charge in [-0.1, -0.05) is 6.07 Å². The molecule has 1 aromatic rings. The molecule has 4 rings (SSSR count). The van der Waals surface area contributed by atoms with Gasteiger partial charge in [0, 0.05) is 71.9 Å². The average molecular weight is 651 g/mol. The molecule has 3 heterocycles. The first-order valence-electron chi connectivity index (χ1n) is 11.2. The van der Waals surface area contributed by atoms with Crippen LogP contribution in [0.5, 0.6) is 0 Å². The molecule has 1 saturated heterocycles. The number of halogens is 1. The normalized spacial score (nSPS) is 22.8. The highest BCUT2D eigenvalue weighted by Crippen LogP contribution is 2.43. The largest absolute Gasteiger partial charge is 0.504 e. The van der Waals surface area contributed by atoms with Gasteiger partial charge in [-0.25, -0.2) is 4.79 Å². The van der Waals surface area contributed by atoms with Crippen LogP contribution in [0, 0.1) is 0 Å². The molecule has 2 amide bonds. The standard InChI is InChI=1S/C24H22IN5O7S/c1-11(31)37-23(35)20-14(10-38-22-19(29-24(25)36)21(34)30(20)22)15-4-3-12(7-27-15)8-28-16-6-18(33)17(32)5-13(16)9-26-2/h3-7,9,19,22,26,32-33H,8,10H2,1-2H3,(H,29,36)/b13-9-,28-16+/t19-,22-/m1/s1. The number of aliphatic hydroxyl groups is 2. The number of amides is 2. The van der Waals surface area contributed by atoms with Crippen LogP contribution in [0.3, 0.4) is 0 Å². The molecule has 3 aliphatic rings. The molecule has 0 unspecified atom stereocenters. The number of ether oxygens (including phenoxy) is 1. The fourth-order valence-corrected chi connectivity index (χ4v) is 5.66. The van der Waals surface area contributed by atoms with E-state index in [2.05, 4.69) is 20.6 Å². The maximum Gasteiger partial charge on any atom is 0.363 e. The molecule has 1 aliphatic carbocycles. The highest BCUT2D eigenvalue weighted by molar-refractivity contribution is 14.1. The van der Waals surface area contributed by atoms with Gasteiger partial charge in [-0.2, -0.15) is 0 Å². The summed E-state index contributed by atoms with van der Waals surface area (Å²) in [6, 6.07) is 2.64. The van der Waals surface area contributed by atoms with Crippen LogP contribution in [0.15, 0.2) is 64.5 Å². The molecule has 0 saturated carbocycles. The summed E-state index contributed by atoms with van der Waals surface area (Å²) in [6.45, 7) is 1.30. The van der Waals surface area contributed by atoms with Crippen molar-refractivity contribution in [2.45, 2.75) is 24.9 Å². The van der Waals surface area contributed by atoms with Crippen LogP contribution in [-0.2, 0) is 25.7 Å². The number of nitrogens with one attached hydrogen (secondary N) is 2. The van der Waals surface area contributed by atoms with Gasteiger partial charge < -0.3 is 25.6 Å². The number of aliphatic hydroxyl groups excluding tert-OH is 2. The zero-order valence-corrected chi connectivity index (χ0v) is 23.1. The number of carbonyl (C=O) groups is 4. The van der Waals surface area contributed by atoms with Crippen LogP contribution in [-0.4, -0.2) is 71.8 Å². The number of aromatic nitrogens is 1. The molecular weight excluding hydrogens is 629 g/mol. The number of β-lactam (4-membered cyclic amide) rings is 1. The molecule has 2 aliphatic heterocycles. The van der Waals surface area contributed by atoms with Crippen molar-refractivity contribution in [3.05, 3.63) is 70.7 Å². The summed E-state index contributed by atoms with van der Waals surface area (Å²) in [5.74, 6) is -2.54. The number of carbonyl (C=O) groups excluding carboxylic acids is 4. The minimum atomic E-state index is -0.966. The molecule has 38 heavy (non-hydrogen) atoms. The zero-order valence-electron chi connectivity index (χ0n) is 20.1. The van der Waals surface area contributed by atoms with E-state index in [1.54, 1.807) is 31.6 Å². The Morgan fingerprint density at radius 1 is 1.29 bits per heavy atom. The first kappa shape index (κ1) is 27.4. The monoisotopic (exact) mass is 651 g/mol. The number of rotatable bonds is 6. The van der Waals surface area contributed by atoms with Crippen LogP contribution in [0.4, 0.5) is 4.79 Å². The molecule has 0 aromatic carbocycles. The SMILES string of the molecule is CN/C=C1/C=C(O)C(O)=C/C1=N\Cc1ccc(C2=C(C(=O)OC(C)=O)N3C(=O)[C@@H](NC(=O)I)[C@H]3SC2)nc1. The molecule has 14 heteroatoms. The Labute approximate surface area is 234 Å². The molecule has 1 fully saturated rings. The first-order chi connectivity index (χ1) is 18.1. The van der Waals surface area contributed by atoms with Crippen LogP contribution >= 0.6 is 34.4 Å². The van der Waals surface area contributed by atoms with Crippen LogP contribution in [0.1, 0.15) is 18.2 Å². The average Bonchev–Trinajstić information content (AvgIpc) is 2.87. The maximum absolute atomic E-state index is 12.8. The van der Waals surface area contributed by atoms with Crippen molar-refractivity contribution in [1.29, 1.82) is 0 Å². The van der Waals surface area contributed by atoms with E-state index in [0.717, 1.165) is 12.5 Å². The zero-order chi connectivity index (χ0) is 27.6. The van der Waals surface area contributed by atoms with Crippen molar-refractivity contribution in [3.63, 3.8) is 0 Å². The summed E-state index contributed by atoms with van der Waals surface area (Å²) in [4.78, 5) is 58.8. The van der Waals surface area contributed by atoms with Gasteiger partial charge in [0.05, 0.1) is 18.0 Å². The summed E-state index contributed by atoms with van der Waals surface area (Å²) in [5.41, 5.74) is 2.51. The van der Waals surface area contributed by atoms with E-state index in [1.807, 2.05) is 0 Å². The second-order valence-electron chi connectivity index (χ2n) is 8.21. The summed E-state index contributed by atoms with van der Waals surface area (Å²) >= 11 is 2.89. The molecule has 0 spiro atoms. The first-order valence-corrected chi connectivity index (χ1v) is 13.3. The topological polar surface area (TPSA) is 171 Å². The number of nitrogens with zero attached hydrogens (tertiary/aromatic N) is 3. The number of aliphatic imine (C=N–C) groups is 1. The number of hydrogen-bond acceptors (Lipinski definition) is 11. The van der Waals surface area contributed by atoms with Crippen molar-refractivity contribution < 1.29 is 34.1 Å². The number of esters is 2. The molecule has 198 valence electrons. The molecule has 0 bridgehead atoms. The van der Waals surface area contributed by atoms with Gasteiger partial charge in [0.15, 0.2) is 11.5 Å². The second kappa shape index (κ2) is 11.4. The predicted molar refractivity (Wildman–Crippen MR) is 147 cm³/mol. The van der Waals surface area contributed by atoms with Crippen molar-refractivity contribution in [2.75, 3.05) is 12.8 Å². The lowest BCUT2D eigenvalue weighted by molar-refractivity contribution is -0.159. The Kier molecular flexibility index (Phi) is 8.20. The quantitative estimate of drug-likeness (QED) is 0.0894. The second-order valence-corrected chi connectivity index (χ2v) is 10.3. The minimum Gasteiger partial charge on any atom is -0.504 e. The molecule has 12 nitrogen and oxygen atoms in total. The van der Waals surface area contributed by atoms with Gasteiger partial charge in [-0.15, -0.1) is 11.8 Å². The van der Waals surface area contributed by atoms with Gasteiger partial charge in [0.2, 0.25) is 0 Å². The van der Waals surface area contributed by atoms with E-state index in [-0.39, 0.29) is 29.5 Å². The third-order valence-corrected chi connectivity index (χ3v) is 7.25. The van der Waals surface area contributed by atoms with Gasteiger partial charge in [-0.3, -0.25) is 29.3 Å². The molecular formula is C24H22IN5O7S. The van der Waals surface area contributed by atoms with E-state index in [0.29, 0.717) is 22.6 Å². The Morgan fingerprint density at radius 3 is 2.66 bits per heavy atom. The molecule has 2 atom stereocenters. The summed E-state index contributed by atoms with van der Waals surface area (Å²) in [5, 5.41) is 24.5. The van der Waals surface area contributed by atoms with E-state index in [9.17, 15) is 29.4 Å². The third kappa shape index (κ3) is 5.60. The van der Waals surface area contributed by atoms with E-state index in [1.165, 1.54) is 51.4 Å². The fourth-order valence-electron chi connectivity index (χ4n) is 3.97. The Hall–Kier alpha value is -3.66. The Morgan fingerprint density at radius 2 is 2.03 bits per heavy atom. The maximum atomic E-state index is 12.8. The number of pyridine rings is 1. The Balaban J connectivity index is 1.61. The van der Waals surface area contributed by atoms with Crippen molar-refractivity contribution in [2.24, 2.45) is 4.99 Å². The minimum absolute atomic E-state index is 0.0790. The smallest absolute Gasteiger partial charge is 0.363 e. The third-order valence-electron chi connectivity index (χ3n) is 5.66. The van der Waals surface area contributed by atoms with Crippen molar-refractivity contribution in [3.8, 4) is 0 Å². The number of hydrogen-bond donors (Lipinski definition) is 4. The molecule has 1 aromatic heterocycles.